The Morgan fingerprint density at radius 3 is 2.79 bits per heavy atom. The summed E-state index contributed by atoms with van der Waals surface area (Å²) in [4.78, 5) is 14.1. The topological polar surface area (TPSA) is 44.4 Å². The molecule has 1 aliphatic heterocycles. The maximum absolute atomic E-state index is 11.9. The van der Waals surface area contributed by atoms with Crippen LogP contribution in [0.15, 0.2) is 24.3 Å². The Morgan fingerprint density at radius 2 is 2.21 bits per heavy atom. The molecule has 4 nitrogen and oxygen atoms in total. The molecule has 0 radical (unpaired) electrons. The van der Waals surface area contributed by atoms with E-state index in [2.05, 4.69) is 22.5 Å². The van der Waals surface area contributed by atoms with Gasteiger partial charge in [-0.3, -0.25) is 9.69 Å². The van der Waals surface area contributed by atoms with Crippen LogP contribution in [0.4, 0.5) is 0 Å². The summed E-state index contributed by atoms with van der Waals surface area (Å²) in [6.07, 6.45) is 0. The van der Waals surface area contributed by atoms with Crippen molar-refractivity contribution in [3.05, 3.63) is 34.9 Å². The zero-order chi connectivity index (χ0) is 13.7. The molecule has 2 N–H and O–H groups in total. The highest BCUT2D eigenvalue weighted by Gasteiger charge is 2.24. The van der Waals surface area contributed by atoms with Crippen molar-refractivity contribution >= 4 is 17.5 Å². The molecule has 5 heteroatoms. The van der Waals surface area contributed by atoms with E-state index in [0.29, 0.717) is 24.2 Å². The molecule has 1 aromatic carbocycles. The number of likely N-dealkylation sites (N-methyl/N-ethyl adjacent to an activating group) is 1. The summed E-state index contributed by atoms with van der Waals surface area (Å²) in [6, 6.07) is 8.07. The van der Waals surface area contributed by atoms with E-state index >= 15 is 0 Å². The number of halogens is 1. The van der Waals surface area contributed by atoms with Gasteiger partial charge < -0.3 is 10.6 Å². The standard InChI is InChI=1S/C14H20ClN3O/c1-2-18(12-8-16-9-12)10-14(19)17-7-11-5-3-4-6-13(11)15/h3-6,12,16H,2,7-10H2,1H3,(H,17,19). The second-order valence-corrected chi connectivity index (χ2v) is 5.15. The maximum Gasteiger partial charge on any atom is 0.234 e. The van der Waals surface area contributed by atoms with Crippen LogP contribution in [-0.2, 0) is 11.3 Å². The first-order valence-electron chi connectivity index (χ1n) is 6.65. The highest BCUT2D eigenvalue weighted by Crippen LogP contribution is 2.14. The minimum atomic E-state index is 0.0497. The van der Waals surface area contributed by atoms with Crippen LogP contribution in [0.25, 0.3) is 0 Å². The van der Waals surface area contributed by atoms with E-state index in [9.17, 15) is 4.79 Å². The molecule has 0 aromatic heterocycles. The molecular formula is C14H20ClN3O. The molecule has 0 saturated carbocycles. The van der Waals surface area contributed by atoms with Crippen molar-refractivity contribution in [2.75, 3.05) is 26.2 Å². The number of amides is 1. The second-order valence-electron chi connectivity index (χ2n) is 4.74. The third-order valence-corrected chi connectivity index (χ3v) is 3.83. The van der Waals surface area contributed by atoms with Gasteiger partial charge in [0.1, 0.15) is 0 Å². The molecule has 1 aromatic rings. The van der Waals surface area contributed by atoms with Crippen LogP contribution in [-0.4, -0.2) is 43.0 Å². The third-order valence-electron chi connectivity index (χ3n) is 3.46. The molecular weight excluding hydrogens is 262 g/mol. The van der Waals surface area contributed by atoms with Gasteiger partial charge >= 0.3 is 0 Å². The Kier molecular flexibility index (Phi) is 5.19. The molecule has 2 rings (SSSR count). The predicted molar refractivity (Wildman–Crippen MR) is 77.2 cm³/mol. The van der Waals surface area contributed by atoms with Gasteiger partial charge in [-0.15, -0.1) is 0 Å². The average molecular weight is 282 g/mol. The molecule has 1 amide bonds. The smallest absolute Gasteiger partial charge is 0.234 e. The first-order chi connectivity index (χ1) is 9.20. The normalized spacial score (nSPS) is 15.3. The highest BCUT2D eigenvalue weighted by molar-refractivity contribution is 6.31. The van der Waals surface area contributed by atoms with Gasteiger partial charge in [-0.25, -0.2) is 0 Å². The zero-order valence-electron chi connectivity index (χ0n) is 11.2. The van der Waals surface area contributed by atoms with Gasteiger partial charge in [0, 0.05) is 30.7 Å². The molecule has 0 spiro atoms. The number of rotatable bonds is 6. The fourth-order valence-electron chi connectivity index (χ4n) is 2.11. The van der Waals surface area contributed by atoms with Crippen molar-refractivity contribution < 1.29 is 4.79 Å². The van der Waals surface area contributed by atoms with Crippen molar-refractivity contribution in [1.82, 2.24) is 15.5 Å². The first-order valence-corrected chi connectivity index (χ1v) is 7.03. The fraction of sp³-hybridized carbons (Fsp3) is 0.500. The number of carbonyl (C=O) groups is 1. The Balaban J connectivity index is 1.79. The summed E-state index contributed by atoms with van der Waals surface area (Å²) >= 11 is 6.05. The molecule has 19 heavy (non-hydrogen) atoms. The van der Waals surface area contributed by atoms with E-state index in [-0.39, 0.29) is 5.91 Å². The Hall–Kier alpha value is -1.10. The van der Waals surface area contributed by atoms with Crippen LogP contribution in [0.3, 0.4) is 0 Å². The predicted octanol–water partition coefficient (Wildman–Crippen LogP) is 1.25. The van der Waals surface area contributed by atoms with Gasteiger partial charge in [0.2, 0.25) is 5.91 Å². The summed E-state index contributed by atoms with van der Waals surface area (Å²) in [5.74, 6) is 0.0497. The minimum Gasteiger partial charge on any atom is -0.351 e. The molecule has 0 bridgehead atoms. The van der Waals surface area contributed by atoms with Crippen molar-refractivity contribution in [3.63, 3.8) is 0 Å². The van der Waals surface area contributed by atoms with Gasteiger partial charge in [0.05, 0.1) is 6.54 Å². The van der Waals surface area contributed by atoms with Crippen LogP contribution in [0.5, 0.6) is 0 Å². The molecule has 0 unspecified atom stereocenters. The summed E-state index contributed by atoms with van der Waals surface area (Å²) in [5.41, 5.74) is 0.950. The van der Waals surface area contributed by atoms with E-state index in [1.54, 1.807) is 0 Å². The monoisotopic (exact) mass is 281 g/mol. The lowest BCUT2D eigenvalue weighted by molar-refractivity contribution is -0.123. The Labute approximate surface area is 119 Å². The highest BCUT2D eigenvalue weighted by atomic mass is 35.5. The first kappa shape index (κ1) is 14.3. The minimum absolute atomic E-state index is 0.0497. The van der Waals surface area contributed by atoms with Crippen LogP contribution >= 0.6 is 11.6 Å². The molecule has 1 fully saturated rings. The third kappa shape index (κ3) is 3.93. The number of nitrogens with one attached hydrogen (secondary N) is 2. The fourth-order valence-corrected chi connectivity index (χ4v) is 2.31. The van der Waals surface area contributed by atoms with Crippen LogP contribution in [0.2, 0.25) is 5.02 Å². The SMILES string of the molecule is CCN(CC(=O)NCc1ccccc1Cl)C1CNC1. The number of nitrogens with zero attached hydrogens (tertiary/aromatic N) is 1. The summed E-state index contributed by atoms with van der Waals surface area (Å²) in [5, 5.41) is 6.84. The average Bonchev–Trinajstić information content (AvgIpc) is 2.35. The van der Waals surface area contributed by atoms with Crippen LogP contribution in [0.1, 0.15) is 12.5 Å². The molecule has 1 heterocycles. The van der Waals surface area contributed by atoms with E-state index in [4.69, 9.17) is 11.6 Å². The second kappa shape index (κ2) is 6.89. The van der Waals surface area contributed by atoms with E-state index in [1.807, 2.05) is 24.3 Å². The summed E-state index contributed by atoms with van der Waals surface area (Å²) < 4.78 is 0. The Bertz CT molecular complexity index is 434. The van der Waals surface area contributed by atoms with Gasteiger partial charge in [-0.05, 0) is 18.2 Å². The van der Waals surface area contributed by atoms with Gasteiger partial charge in [0.25, 0.3) is 0 Å². The van der Waals surface area contributed by atoms with Gasteiger partial charge in [0.15, 0.2) is 0 Å². The molecule has 104 valence electrons. The van der Waals surface area contributed by atoms with E-state index in [1.165, 1.54) is 0 Å². The van der Waals surface area contributed by atoms with Gasteiger partial charge in [-0.2, -0.15) is 0 Å². The van der Waals surface area contributed by atoms with Crippen molar-refractivity contribution in [2.24, 2.45) is 0 Å². The van der Waals surface area contributed by atoms with Crippen molar-refractivity contribution in [1.29, 1.82) is 0 Å². The zero-order valence-corrected chi connectivity index (χ0v) is 11.9. The molecule has 0 aliphatic carbocycles. The van der Waals surface area contributed by atoms with E-state index in [0.717, 1.165) is 25.2 Å². The maximum atomic E-state index is 11.9. The summed E-state index contributed by atoms with van der Waals surface area (Å²) in [6.45, 7) is 5.87. The molecule has 1 saturated heterocycles. The lowest BCUT2D eigenvalue weighted by Gasteiger charge is -2.37. The number of hydrogen-bond acceptors (Lipinski definition) is 3. The number of benzene rings is 1. The van der Waals surface area contributed by atoms with E-state index < -0.39 is 0 Å². The van der Waals surface area contributed by atoms with Crippen LogP contribution in [0, 0.1) is 0 Å². The lowest BCUT2D eigenvalue weighted by atomic mass is 10.1. The van der Waals surface area contributed by atoms with Crippen molar-refractivity contribution in [2.45, 2.75) is 19.5 Å². The van der Waals surface area contributed by atoms with Crippen LogP contribution < -0.4 is 10.6 Å². The number of hydrogen-bond donors (Lipinski definition) is 2. The number of carbonyl (C=O) groups excluding carboxylic acids is 1. The van der Waals surface area contributed by atoms with Crippen molar-refractivity contribution in [3.8, 4) is 0 Å². The largest absolute Gasteiger partial charge is 0.351 e. The summed E-state index contributed by atoms with van der Waals surface area (Å²) in [7, 11) is 0. The Morgan fingerprint density at radius 1 is 1.47 bits per heavy atom. The molecule has 0 atom stereocenters. The van der Waals surface area contributed by atoms with Gasteiger partial charge in [-0.1, -0.05) is 36.7 Å². The lowest BCUT2D eigenvalue weighted by Crippen LogP contribution is -2.58. The quantitative estimate of drug-likeness (QED) is 0.825. The molecule has 1 aliphatic rings.